The lowest BCUT2D eigenvalue weighted by molar-refractivity contribution is -0.115. The van der Waals surface area contributed by atoms with E-state index in [4.69, 9.17) is 11.2 Å². The number of ether oxygens (including phenoxy) is 1. The van der Waals surface area contributed by atoms with Gasteiger partial charge in [-0.3, -0.25) is 9.79 Å². The zero-order valence-electron chi connectivity index (χ0n) is 17.4. The number of carbonyl (C=O) groups excluding carboxylic acids is 1. The van der Waals surface area contributed by atoms with Gasteiger partial charge in [0.2, 0.25) is 5.91 Å². The normalized spacial score (nSPS) is 11.3. The van der Waals surface area contributed by atoms with E-state index in [1.54, 1.807) is 31.3 Å². The van der Waals surface area contributed by atoms with Crippen molar-refractivity contribution in [2.75, 3.05) is 18.9 Å². The molecule has 1 amide bonds. The highest BCUT2D eigenvalue weighted by atomic mass is 16.5. The molecule has 0 aliphatic carbocycles. The fraction of sp³-hybridized carbons (Fsp3) is 0.304. The standard InChI is InChI=1S/C23H28N4O2/c1-6-17-10-9-12-19(14-17)27-21(28)16-26-22(24-5)25-15-18-11-7-8-13-20(18)29-23(2,3)4/h1,7-14H,15-16H2,2-5H3,(H,27,28)(H2,24,25,26). The van der Waals surface area contributed by atoms with Crippen molar-refractivity contribution in [3.05, 3.63) is 59.7 Å². The number of carbonyl (C=O) groups is 1. The first-order chi connectivity index (χ1) is 13.8. The van der Waals surface area contributed by atoms with Crippen molar-refractivity contribution in [2.45, 2.75) is 32.9 Å². The van der Waals surface area contributed by atoms with E-state index >= 15 is 0 Å². The van der Waals surface area contributed by atoms with E-state index in [1.807, 2.05) is 45.0 Å². The van der Waals surface area contributed by atoms with Crippen LogP contribution < -0.4 is 20.7 Å². The van der Waals surface area contributed by atoms with Gasteiger partial charge in [-0.25, -0.2) is 0 Å². The molecule has 0 unspecified atom stereocenters. The van der Waals surface area contributed by atoms with Crippen molar-refractivity contribution in [2.24, 2.45) is 4.99 Å². The summed E-state index contributed by atoms with van der Waals surface area (Å²) in [6, 6.07) is 15.0. The summed E-state index contributed by atoms with van der Waals surface area (Å²) in [5.41, 5.74) is 2.08. The molecule has 0 spiro atoms. The summed E-state index contributed by atoms with van der Waals surface area (Å²) < 4.78 is 6.00. The number of aliphatic imine (C=N–C) groups is 1. The minimum absolute atomic E-state index is 0.0695. The molecule has 0 atom stereocenters. The first kappa shape index (κ1) is 21.8. The fourth-order valence-electron chi connectivity index (χ4n) is 2.53. The second kappa shape index (κ2) is 10.2. The van der Waals surface area contributed by atoms with Crippen LogP contribution in [-0.4, -0.2) is 31.1 Å². The van der Waals surface area contributed by atoms with Gasteiger partial charge in [0, 0.05) is 30.4 Å². The molecule has 2 aromatic rings. The van der Waals surface area contributed by atoms with Crippen molar-refractivity contribution < 1.29 is 9.53 Å². The summed E-state index contributed by atoms with van der Waals surface area (Å²) in [7, 11) is 1.65. The van der Waals surface area contributed by atoms with E-state index in [9.17, 15) is 4.79 Å². The van der Waals surface area contributed by atoms with Crippen LogP contribution in [0.3, 0.4) is 0 Å². The van der Waals surface area contributed by atoms with Gasteiger partial charge in [-0.1, -0.05) is 30.2 Å². The molecule has 0 aliphatic heterocycles. The molecule has 2 aromatic carbocycles. The first-order valence-corrected chi connectivity index (χ1v) is 9.38. The van der Waals surface area contributed by atoms with E-state index in [0.29, 0.717) is 23.8 Å². The van der Waals surface area contributed by atoms with Gasteiger partial charge in [-0.05, 0) is 45.0 Å². The minimum atomic E-state index is -0.287. The predicted molar refractivity (Wildman–Crippen MR) is 118 cm³/mol. The topological polar surface area (TPSA) is 74.8 Å². The second-order valence-electron chi connectivity index (χ2n) is 7.37. The third-order valence-corrected chi connectivity index (χ3v) is 3.79. The van der Waals surface area contributed by atoms with Crippen molar-refractivity contribution >= 4 is 17.6 Å². The van der Waals surface area contributed by atoms with Gasteiger partial charge in [0.25, 0.3) is 0 Å². The Balaban J connectivity index is 1.88. The Bertz CT molecular complexity index is 908. The van der Waals surface area contributed by atoms with Gasteiger partial charge in [-0.2, -0.15) is 0 Å². The predicted octanol–water partition coefficient (Wildman–Crippen LogP) is 3.15. The van der Waals surface area contributed by atoms with Crippen LogP contribution in [0.5, 0.6) is 5.75 Å². The number of hydrogen-bond acceptors (Lipinski definition) is 3. The lowest BCUT2D eigenvalue weighted by Gasteiger charge is -2.23. The quantitative estimate of drug-likeness (QED) is 0.401. The largest absolute Gasteiger partial charge is 0.488 e. The smallest absolute Gasteiger partial charge is 0.243 e. The van der Waals surface area contributed by atoms with Crippen LogP contribution in [0.15, 0.2) is 53.5 Å². The maximum Gasteiger partial charge on any atom is 0.243 e. The number of rotatable bonds is 6. The molecule has 0 aromatic heterocycles. The van der Waals surface area contributed by atoms with Crippen LogP contribution in [0.25, 0.3) is 0 Å². The minimum Gasteiger partial charge on any atom is -0.488 e. The number of nitrogens with zero attached hydrogens (tertiary/aromatic N) is 1. The van der Waals surface area contributed by atoms with Crippen molar-refractivity contribution in [3.8, 4) is 18.1 Å². The molecule has 152 valence electrons. The Hall–Kier alpha value is -3.46. The average Bonchev–Trinajstić information content (AvgIpc) is 2.68. The Kier molecular flexibility index (Phi) is 7.67. The third kappa shape index (κ3) is 7.59. The van der Waals surface area contributed by atoms with Crippen LogP contribution in [0, 0.1) is 12.3 Å². The van der Waals surface area contributed by atoms with Gasteiger partial charge in [0.1, 0.15) is 11.4 Å². The summed E-state index contributed by atoms with van der Waals surface area (Å²) in [4.78, 5) is 16.4. The Labute approximate surface area is 172 Å². The number of nitrogens with one attached hydrogen (secondary N) is 3. The number of terminal acetylenes is 1. The molecule has 0 radical (unpaired) electrons. The lowest BCUT2D eigenvalue weighted by atomic mass is 10.1. The Morgan fingerprint density at radius 2 is 1.90 bits per heavy atom. The maximum absolute atomic E-state index is 12.2. The molecular weight excluding hydrogens is 364 g/mol. The van der Waals surface area contributed by atoms with Gasteiger partial charge in [0.15, 0.2) is 5.96 Å². The highest BCUT2D eigenvalue weighted by molar-refractivity contribution is 5.95. The summed E-state index contributed by atoms with van der Waals surface area (Å²) in [5, 5.41) is 9.01. The maximum atomic E-state index is 12.2. The third-order valence-electron chi connectivity index (χ3n) is 3.79. The molecule has 0 bridgehead atoms. The van der Waals surface area contributed by atoms with Crippen LogP contribution >= 0.6 is 0 Å². The Morgan fingerprint density at radius 3 is 2.59 bits per heavy atom. The number of guanidine groups is 1. The molecule has 0 aliphatic rings. The fourth-order valence-corrected chi connectivity index (χ4v) is 2.53. The van der Waals surface area contributed by atoms with Crippen LogP contribution in [0.2, 0.25) is 0 Å². The van der Waals surface area contributed by atoms with Gasteiger partial charge < -0.3 is 20.7 Å². The van der Waals surface area contributed by atoms with E-state index in [1.165, 1.54) is 0 Å². The number of anilines is 1. The molecule has 6 heteroatoms. The SMILES string of the molecule is C#Cc1cccc(NC(=O)CNC(=NC)NCc2ccccc2OC(C)(C)C)c1. The lowest BCUT2D eigenvalue weighted by Crippen LogP contribution is -2.41. The zero-order valence-corrected chi connectivity index (χ0v) is 17.4. The van der Waals surface area contributed by atoms with E-state index < -0.39 is 0 Å². The van der Waals surface area contributed by atoms with Crippen LogP contribution in [0.1, 0.15) is 31.9 Å². The first-order valence-electron chi connectivity index (χ1n) is 9.38. The van der Waals surface area contributed by atoms with Gasteiger partial charge in [-0.15, -0.1) is 6.42 Å². The van der Waals surface area contributed by atoms with Crippen LogP contribution in [0.4, 0.5) is 5.69 Å². The molecule has 2 rings (SSSR count). The van der Waals surface area contributed by atoms with Crippen LogP contribution in [-0.2, 0) is 11.3 Å². The zero-order chi connectivity index (χ0) is 21.3. The summed E-state index contributed by atoms with van der Waals surface area (Å²) >= 11 is 0. The molecule has 0 saturated heterocycles. The molecule has 29 heavy (non-hydrogen) atoms. The Morgan fingerprint density at radius 1 is 1.14 bits per heavy atom. The molecular formula is C23H28N4O2. The summed E-state index contributed by atoms with van der Waals surface area (Å²) in [5.74, 6) is 3.68. The van der Waals surface area contributed by atoms with Gasteiger partial charge in [0.05, 0.1) is 6.54 Å². The average molecular weight is 393 g/mol. The molecule has 0 heterocycles. The monoisotopic (exact) mass is 392 g/mol. The number of amides is 1. The van der Waals surface area contributed by atoms with Gasteiger partial charge >= 0.3 is 0 Å². The van der Waals surface area contributed by atoms with E-state index in [2.05, 4.69) is 26.9 Å². The molecule has 6 nitrogen and oxygen atoms in total. The van der Waals surface area contributed by atoms with Crippen molar-refractivity contribution in [1.29, 1.82) is 0 Å². The van der Waals surface area contributed by atoms with Crippen molar-refractivity contribution in [1.82, 2.24) is 10.6 Å². The molecule has 3 N–H and O–H groups in total. The number of benzene rings is 2. The summed E-state index contributed by atoms with van der Waals surface area (Å²) in [6.07, 6.45) is 5.38. The summed E-state index contributed by atoms with van der Waals surface area (Å²) in [6.45, 7) is 6.61. The molecule has 0 saturated carbocycles. The number of para-hydroxylation sites is 1. The molecule has 0 fully saturated rings. The highest BCUT2D eigenvalue weighted by Crippen LogP contribution is 2.22. The van der Waals surface area contributed by atoms with Crippen molar-refractivity contribution in [3.63, 3.8) is 0 Å². The van der Waals surface area contributed by atoms with E-state index in [-0.39, 0.29) is 18.1 Å². The second-order valence-corrected chi connectivity index (χ2v) is 7.37. The van der Waals surface area contributed by atoms with E-state index in [0.717, 1.165) is 11.3 Å². The highest BCUT2D eigenvalue weighted by Gasteiger charge is 2.14. The number of hydrogen-bond donors (Lipinski definition) is 3.